The van der Waals surface area contributed by atoms with Crippen molar-refractivity contribution in [2.24, 2.45) is 5.92 Å². The number of hydrogen-bond acceptors (Lipinski definition) is 2. The Kier molecular flexibility index (Phi) is 4.88. The van der Waals surface area contributed by atoms with Crippen LogP contribution >= 0.6 is 0 Å². The molecule has 1 heterocycles. The second-order valence-corrected chi connectivity index (χ2v) is 8.21. The van der Waals surface area contributed by atoms with Gasteiger partial charge in [0.25, 0.3) is 0 Å². The molecule has 3 atom stereocenters. The van der Waals surface area contributed by atoms with Crippen molar-refractivity contribution in [1.82, 2.24) is 4.98 Å². The van der Waals surface area contributed by atoms with Crippen molar-refractivity contribution in [3.05, 3.63) is 64.8 Å². The zero-order chi connectivity index (χ0) is 19.8. The molecule has 28 heavy (non-hydrogen) atoms. The Hall–Kier alpha value is -2.75. The first kappa shape index (κ1) is 18.6. The number of aromatic nitrogens is 1. The highest BCUT2D eigenvalue weighted by molar-refractivity contribution is 5.90. The SMILES string of the molecule is Cc1cc(C)c2[nH]ccc2c1O[C@@H]1CC[C@@H](C)C[C@H]1c1ccc(C(=O)O)cc1. The van der Waals surface area contributed by atoms with Crippen molar-refractivity contribution in [1.29, 1.82) is 0 Å². The highest BCUT2D eigenvalue weighted by atomic mass is 16.5. The van der Waals surface area contributed by atoms with Crippen LogP contribution in [0.25, 0.3) is 10.9 Å². The van der Waals surface area contributed by atoms with E-state index >= 15 is 0 Å². The number of nitrogens with one attached hydrogen (secondary N) is 1. The molecule has 4 nitrogen and oxygen atoms in total. The van der Waals surface area contributed by atoms with Crippen LogP contribution in [0, 0.1) is 19.8 Å². The molecule has 2 N–H and O–H groups in total. The lowest BCUT2D eigenvalue weighted by Gasteiger charge is -2.36. The van der Waals surface area contributed by atoms with Gasteiger partial charge in [-0.1, -0.05) is 25.1 Å². The summed E-state index contributed by atoms with van der Waals surface area (Å²) in [5, 5.41) is 10.3. The van der Waals surface area contributed by atoms with Gasteiger partial charge in [-0.2, -0.15) is 0 Å². The van der Waals surface area contributed by atoms with Crippen LogP contribution in [0.3, 0.4) is 0 Å². The van der Waals surface area contributed by atoms with E-state index in [9.17, 15) is 9.90 Å². The molecule has 2 aromatic carbocycles. The first-order valence-electron chi connectivity index (χ1n) is 10.0. The minimum absolute atomic E-state index is 0.0892. The molecule has 1 aromatic heterocycles. The van der Waals surface area contributed by atoms with E-state index in [0.29, 0.717) is 11.5 Å². The Labute approximate surface area is 165 Å². The third-order valence-electron chi connectivity index (χ3n) is 6.08. The van der Waals surface area contributed by atoms with Crippen LogP contribution in [0.5, 0.6) is 5.75 Å². The van der Waals surface area contributed by atoms with Crippen LogP contribution in [-0.4, -0.2) is 22.2 Å². The van der Waals surface area contributed by atoms with Crippen molar-refractivity contribution < 1.29 is 14.6 Å². The van der Waals surface area contributed by atoms with Gasteiger partial charge >= 0.3 is 5.97 Å². The minimum atomic E-state index is -0.888. The van der Waals surface area contributed by atoms with Gasteiger partial charge in [0.2, 0.25) is 0 Å². The molecule has 1 aliphatic rings. The zero-order valence-electron chi connectivity index (χ0n) is 16.7. The molecule has 0 saturated heterocycles. The Morgan fingerprint density at radius 1 is 1.11 bits per heavy atom. The molecule has 0 bridgehead atoms. The van der Waals surface area contributed by atoms with Crippen LogP contribution in [0.1, 0.15) is 59.2 Å². The third-order valence-corrected chi connectivity index (χ3v) is 6.08. The number of hydrogen-bond donors (Lipinski definition) is 2. The summed E-state index contributed by atoms with van der Waals surface area (Å²) in [4.78, 5) is 14.5. The van der Waals surface area contributed by atoms with Gasteiger partial charge in [-0.3, -0.25) is 0 Å². The molecule has 146 valence electrons. The summed E-state index contributed by atoms with van der Waals surface area (Å²) in [7, 11) is 0. The van der Waals surface area contributed by atoms with E-state index in [0.717, 1.165) is 47.0 Å². The topological polar surface area (TPSA) is 62.3 Å². The van der Waals surface area contributed by atoms with Crippen molar-refractivity contribution in [2.45, 2.75) is 52.1 Å². The molecule has 0 aliphatic heterocycles. The normalized spacial score (nSPS) is 22.3. The van der Waals surface area contributed by atoms with E-state index < -0.39 is 5.97 Å². The summed E-state index contributed by atoms with van der Waals surface area (Å²) in [6.45, 7) is 6.51. The van der Waals surface area contributed by atoms with E-state index in [1.165, 1.54) is 5.56 Å². The Bertz CT molecular complexity index is 1000. The lowest BCUT2D eigenvalue weighted by atomic mass is 9.76. The maximum absolute atomic E-state index is 11.2. The summed E-state index contributed by atoms with van der Waals surface area (Å²) in [5.41, 5.74) is 5.00. The first-order chi connectivity index (χ1) is 13.4. The van der Waals surface area contributed by atoms with Crippen LogP contribution in [0.15, 0.2) is 42.6 Å². The number of ether oxygens (including phenoxy) is 1. The fraction of sp³-hybridized carbons (Fsp3) is 0.375. The highest BCUT2D eigenvalue weighted by Gasteiger charge is 2.32. The lowest BCUT2D eigenvalue weighted by molar-refractivity contribution is 0.0697. The average molecular weight is 377 g/mol. The van der Waals surface area contributed by atoms with Gasteiger partial charge in [0.1, 0.15) is 11.9 Å². The molecule has 1 aliphatic carbocycles. The molecular formula is C24H27NO3. The number of carboxylic acids is 1. The number of fused-ring (bicyclic) bond motifs is 1. The van der Waals surface area contributed by atoms with E-state index in [-0.39, 0.29) is 12.0 Å². The highest BCUT2D eigenvalue weighted by Crippen LogP contribution is 2.41. The number of aromatic amines is 1. The fourth-order valence-corrected chi connectivity index (χ4v) is 4.59. The summed E-state index contributed by atoms with van der Waals surface area (Å²) >= 11 is 0. The van der Waals surface area contributed by atoms with Crippen molar-refractivity contribution in [3.63, 3.8) is 0 Å². The Morgan fingerprint density at radius 3 is 2.57 bits per heavy atom. The predicted octanol–water partition coefficient (Wildman–Crippen LogP) is 5.83. The smallest absolute Gasteiger partial charge is 0.335 e. The summed E-state index contributed by atoms with van der Waals surface area (Å²) in [6, 6.07) is 11.6. The second kappa shape index (κ2) is 7.34. The molecule has 0 radical (unpaired) electrons. The van der Waals surface area contributed by atoms with Crippen LogP contribution in [0.2, 0.25) is 0 Å². The quantitative estimate of drug-likeness (QED) is 0.601. The number of carbonyl (C=O) groups is 1. The summed E-state index contributed by atoms with van der Waals surface area (Å²) in [5.74, 6) is 0.978. The van der Waals surface area contributed by atoms with Crippen LogP contribution in [0.4, 0.5) is 0 Å². The predicted molar refractivity (Wildman–Crippen MR) is 111 cm³/mol. The first-order valence-corrected chi connectivity index (χ1v) is 10.0. The second-order valence-electron chi connectivity index (χ2n) is 8.21. The number of aromatic carboxylic acids is 1. The Balaban J connectivity index is 1.67. The Morgan fingerprint density at radius 2 is 1.86 bits per heavy atom. The molecule has 1 fully saturated rings. The molecule has 0 spiro atoms. The zero-order valence-corrected chi connectivity index (χ0v) is 16.7. The van der Waals surface area contributed by atoms with Gasteiger partial charge in [0.15, 0.2) is 0 Å². The van der Waals surface area contributed by atoms with Gasteiger partial charge in [-0.05, 0) is 73.9 Å². The van der Waals surface area contributed by atoms with Crippen LogP contribution in [-0.2, 0) is 0 Å². The van der Waals surface area contributed by atoms with Crippen molar-refractivity contribution in [3.8, 4) is 5.75 Å². The van der Waals surface area contributed by atoms with Crippen LogP contribution < -0.4 is 4.74 Å². The number of H-pyrrole nitrogens is 1. The molecule has 0 amide bonds. The van der Waals surface area contributed by atoms with E-state index in [1.54, 1.807) is 12.1 Å². The molecule has 4 rings (SSSR count). The number of rotatable bonds is 4. The standard InChI is InChI=1S/C24H27NO3/c1-14-4-9-21(20(12-14)17-5-7-18(8-6-17)24(26)27)28-23-16(3)13-15(2)22-19(23)10-11-25-22/h5-8,10-11,13-14,20-21,25H,4,9,12H2,1-3H3,(H,26,27)/t14-,20+,21-/m1/s1. The van der Waals surface area contributed by atoms with Gasteiger partial charge < -0.3 is 14.8 Å². The molecule has 0 unspecified atom stereocenters. The molecule has 4 heteroatoms. The maximum atomic E-state index is 11.2. The molecule has 1 saturated carbocycles. The van der Waals surface area contributed by atoms with Gasteiger partial charge in [-0.15, -0.1) is 0 Å². The molecular weight excluding hydrogens is 350 g/mol. The van der Waals surface area contributed by atoms with Gasteiger partial charge in [0.05, 0.1) is 11.1 Å². The van der Waals surface area contributed by atoms with E-state index in [1.807, 2.05) is 18.3 Å². The van der Waals surface area contributed by atoms with E-state index in [4.69, 9.17) is 4.74 Å². The van der Waals surface area contributed by atoms with Gasteiger partial charge in [-0.25, -0.2) is 4.79 Å². The number of carboxylic acid groups (broad SMARTS) is 1. The number of benzene rings is 2. The van der Waals surface area contributed by atoms with E-state index in [2.05, 4.69) is 37.9 Å². The average Bonchev–Trinajstić information content (AvgIpc) is 3.16. The third kappa shape index (κ3) is 3.39. The van der Waals surface area contributed by atoms with Crippen molar-refractivity contribution >= 4 is 16.9 Å². The monoisotopic (exact) mass is 377 g/mol. The molecule has 3 aromatic rings. The summed E-state index contributed by atoms with van der Waals surface area (Å²) < 4.78 is 6.67. The maximum Gasteiger partial charge on any atom is 0.335 e. The summed E-state index contributed by atoms with van der Waals surface area (Å²) in [6.07, 6.45) is 5.26. The van der Waals surface area contributed by atoms with Crippen molar-refractivity contribution in [2.75, 3.05) is 0 Å². The minimum Gasteiger partial charge on any atom is -0.489 e. The largest absolute Gasteiger partial charge is 0.489 e. The fourth-order valence-electron chi connectivity index (χ4n) is 4.59. The lowest BCUT2D eigenvalue weighted by Crippen LogP contribution is -2.32. The van der Waals surface area contributed by atoms with Gasteiger partial charge in [0, 0.05) is 17.5 Å². The number of aryl methyl sites for hydroxylation is 2.